The highest BCUT2D eigenvalue weighted by Gasteiger charge is 2.29. The number of nitrogens with two attached hydrogens (primary N) is 1. The second-order valence-corrected chi connectivity index (χ2v) is 4.15. The molecule has 4 nitrogen and oxygen atoms in total. The fourth-order valence-corrected chi connectivity index (χ4v) is 1.91. The van der Waals surface area contributed by atoms with Crippen LogP contribution in [0.1, 0.15) is 30.5 Å². The van der Waals surface area contributed by atoms with Gasteiger partial charge in [0.05, 0.1) is 6.04 Å². The Bertz CT molecular complexity index is 436. The smallest absolute Gasteiger partial charge is 0.335 e. The van der Waals surface area contributed by atoms with Crippen LogP contribution in [0.4, 0.5) is 4.79 Å². The predicted molar refractivity (Wildman–Crippen MR) is 63.1 cm³/mol. The third-order valence-corrected chi connectivity index (χ3v) is 2.75. The molecule has 1 heterocycles. The number of aryl methyl sites for hydroxylation is 1. The van der Waals surface area contributed by atoms with Crippen LogP contribution in [-0.4, -0.2) is 16.8 Å². The molecular formula is C12H15N3O. The van der Waals surface area contributed by atoms with Crippen molar-refractivity contribution in [2.75, 3.05) is 0 Å². The molecular weight excluding hydrogens is 202 g/mol. The van der Waals surface area contributed by atoms with Crippen molar-refractivity contribution in [1.82, 2.24) is 5.01 Å². The first-order valence-corrected chi connectivity index (χ1v) is 5.27. The number of amides is 2. The van der Waals surface area contributed by atoms with Crippen molar-refractivity contribution >= 4 is 11.7 Å². The highest BCUT2D eigenvalue weighted by Crippen LogP contribution is 2.30. The first-order valence-electron chi connectivity index (χ1n) is 5.27. The van der Waals surface area contributed by atoms with Crippen molar-refractivity contribution in [3.8, 4) is 0 Å². The summed E-state index contributed by atoms with van der Waals surface area (Å²) in [4.78, 5) is 11.2. The molecule has 0 bridgehead atoms. The van der Waals surface area contributed by atoms with E-state index in [2.05, 4.69) is 5.10 Å². The number of nitrogens with zero attached hydrogens (tertiary/aromatic N) is 2. The third-order valence-electron chi connectivity index (χ3n) is 2.75. The van der Waals surface area contributed by atoms with Crippen molar-refractivity contribution in [1.29, 1.82) is 0 Å². The van der Waals surface area contributed by atoms with Crippen LogP contribution in [-0.2, 0) is 0 Å². The molecule has 4 heteroatoms. The number of carbonyl (C=O) groups excluding carboxylic acids is 1. The van der Waals surface area contributed by atoms with Crippen molar-refractivity contribution < 1.29 is 4.79 Å². The van der Waals surface area contributed by atoms with Gasteiger partial charge in [0.15, 0.2) is 0 Å². The molecule has 1 aliphatic rings. The van der Waals surface area contributed by atoms with E-state index in [4.69, 9.17) is 5.73 Å². The normalized spacial score (nSPS) is 19.8. The first-order chi connectivity index (χ1) is 7.58. The fourth-order valence-electron chi connectivity index (χ4n) is 1.91. The molecule has 1 atom stereocenters. The van der Waals surface area contributed by atoms with Crippen LogP contribution in [0.5, 0.6) is 0 Å². The van der Waals surface area contributed by atoms with Gasteiger partial charge in [0.25, 0.3) is 0 Å². The molecule has 0 radical (unpaired) electrons. The molecule has 0 aliphatic carbocycles. The summed E-state index contributed by atoms with van der Waals surface area (Å²) in [5, 5.41) is 5.50. The van der Waals surface area contributed by atoms with Crippen molar-refractivity contribution in [2.24, 2.45) is 10.8 Å². The SMILES string of the molecule is CC1=NN(C(N)=O)C(c2ccc(C)cc2)C1. The minimum atomic E-state index is -0.498. The van der Waals surface area contributed by atoms with Gasteiger partial charge in [-0.05, 0) is 19.4 Å². The zero-order chi connectivity index (χ0) is 11.7. The molecule has 0 saturated heterocycles. The maximum absolute atomic E-state index is 11.2. The minimum absolute atomic E-state index is 0.0434. The molecule has 2 rings (SSSR count). The number of hydrazone groups is 1. The highest BCUT2D eigenvalue weighted by atomic mass is 16.2. The van der Waals surface area contributed by atoms with Crippen molar-refractivity contribution in [3.63, 3.8) is 0 Å². The zero-order valence-electron chi connectivity index (χ0n) is 9.47. The Morgan fingerprint density at radius 2 is 2.00 bits per heavy atom. The molecule has 0 fully saturated rings. The zero-order valence-corrected chi connectivity index (χ0v) is 9.47. The maximum atomic E-state index is 11.2. The largest absolute Gasteiger partial charge is 0.350 e. The van der Waals surface area contributed by atoms with E-state index in [1.165, 1.54) is 10.6 Å². The van der Waals surface area contributed by atoms with Crippen LogP contribution >= 0.6 is 0 Å². The Morgan fingerprint density at radius 3 is 2.56 bits per heavy atom. The Hall–Kier alpha value is -1.84. The summed E-state index contributed by atoms with van der Waals surface area (Å²) in [6.07, 6.45) is 0.756. The van der Waals surface area contributed by atoms with E-state index in [0.29, 0.717) is 0 Å². The summed E-state index contributed by atoms with van der Waals surface area (Å²) >= 11 is 0. The van der Waals surface area contributed by atoms with Gasteiger partial charge in [-0.25, -0.2) is 9.80 Å². The summed E-state index contributed by atoms with van der Waals surface area (Å²) in [5.74, 6) is 0. The maximum Gasteiger partial charge on any atom is 0.335 e. The predicted octanol–water partition coefficient (Wildman–Crippen LogP) is 2.20. The summed E-state index contributed by atoms with van der Waals surface area (Å²) in [7, 11) is 0. The summed E-state index contributed by atoms with van der Waals surface area (Å²) in [5.41, 5.74) is 8.51. The topological polar surface area (TPSA) is 58.7 Å². The fraction of sp³-hybridized carbons (Fsp3) is 0.333. The molecule has 1 aliphatic heterocycles. The summed E-state index contributed by atoms with van der Waals surface area (Å²) in [6.45, 7) is 3.94. The number of hydrogen-bond acceptors (Lipinski definition) is 2. The van der Waals surface area contributed by atoms with E-state index in [1.54, 1.807) is 0 Å². The summed E-state index contributed by atoms with van der Waals surface area (Å²) < 4.78 is 0. The molecule has 0 aromatic heterocycles. The number of benzene rings is 1. The number of hydrogen-bond donors (Lipinski definition) is 1. The second kappa shape index (κ2) is 3.96. The molecule has 16 heavy (non-hydrogen) atoms. The molecule has 0 spiro atoms. The van der Waals surface area contributed by atoms with E-state index in [1.807, 2.05) is 38.1 Å². The summed E-state index contributed by atoms with van der Waals surface area (Å²) in [6, 6.07) is 7.55. The standard InChI is InChI=1S/C12H15N3O/c1-8-3-5-10(6-4-8)11-7-9(2)14-15(11)12(13)16/h3-6,11H,7H2,1-2H3,(H2,13,16). The van der Waals surface area contributed by atoms with Gasteiger partial charge < -0.3 is 5.73 Å². The number of rotatable bonds is 1. The number of primary amides is 1. The third kappa shape index (κ3) is 1.91. The lowest BCUT2D eigenvalue weighted by molar-refractivity contribution is 0.196. The van der Waals surface area contributed by atoms with E-state index >= 15 is 0 Å². The molecule has 1 unspecified atom stereocenters. The molecule has 1 aromatic rings. The molecule has 2 amide bonds. The van der Waals surface area contributed by atoms with Gasteiger partial charge in [-0.3, -0.25) is 0 Å². The van der Waals surface area contributed by atoms with Crippen LogP contribution < -0.4 is 5.73 Å². The van der Waals surface area contributed by atoms with Crippen LogP contribution in [0.3, 0.4) is 0 Å². The van der Waals surface area contributed by atoms with Gasteiger partial charge in [0.1, 0.15) is 0 Å². The average Bonchev–Trinajstić information content (AvgIpc) is 2.61. The van der Waals surface area contributed by atoms with Crippen molar-refractivity contribution in [3.05, 3.63) is 35.4 Å². The number of carbonyl (C=O) groups is 1. The first kappa shape index (κ1) is 10.7. The van der Waals surface area contributed by atoms with Gasteiger partial charge in [-0.1, -0.05) is 29.8 Å². The molecule has 84 valence electrons. The van der Waals surface area contributed by atoms with Gasteiger partial charge >= 0.3 is 6.03 Å². The van der Waals surface area contributed by atoms with Crippen LogP contribution in [0, 0.1) is 6.92 Å². The van der Waals surface area contributed by atoms with Gasteiger partial charge in [0.2, 0.25) is 0 Å². The minimum Gasteiger partial charge on any atom is -0.350 e. The highest BCUT2D eigenvalue weighted by molar-refractivity contribution is 5.87. The number of urea groups is 1. The van der Waals surface area contributed by atoms with E-state index in [9.17, 15) is 4.79 Å². The van der Waals surface area contributed by atoms with Gasteiger partial charge in [0, 0.05) is 12.1 Å². The lowest BCUT2D eigenvalue weighted by atomic mass is 10.0. The second-order valence-electron chi connectivity index (χ2n) is 4.15. The van der Waals surface area contributed by atoms with E-state index < -0.39 is 6.03 Å². The Labute approximate surface area is 94.7 Å². The lowest BCUT2D eigenvalue weighted by Crippen LogP contribution is -2.31. The van der Waals surface area contributed by atoms with Crippen LogP contribution in [0.15, 0.2) is 29.4 Å². The Kier molecular flexibility index (Phi) is 2.64. The monoisotopic (exact) mass is 217 g/mol. The molecule has 1 aromatic carbocycles. The van der Waals surface area contributed by atoms with Gasteiger partial charge in [-0.2, -0.15) is 5.10 Å². The Morgan fingerprint density at radius 1 is 1.38 bits per heavy atom. The van der Waals surface area contributed by atoms with Crippen LogP contribution in [0.25, 0.3) is 0 Å². The van der Waals surface area contributed by atoms with E-state index in [0.717, 1.165) is 17.7 Å². The molecule has 2 N–H and O–H groups in total. The van der Waals surface area contributed by atoms with E-state index in [-0.39, 0.29) is 6.04 Å². The van der Waals surface area contributed by atoms with Crippen molar-refractivity contribution in [2.45, 2.75) is 26.3 Å². The van der Waals surface area contributed by atoms with Gasteiger partial charge in [-0.15, -0.1) is 0 Å². The molecule has 0 saturated carbocycles. The average molecular weight is 217 g/mol. The Balaban J connectivity index is 2.28. The lowest BCUT2D eigenvalue weighted by Gasteiger charge is -2.19. The quantitative estimate of drug-likeness (QED) is 0.770. The van der Waals surface area contributed by atoms with Crippen LogP contribution in [0.2, 0.25) is 0 Å².